The molecule has 0 amide bonds. The minimum atomic E-state index is -0.709. The minimum absolute atomic E-state index is 0.256. The summed E-state index contributed by atoms with van der Waals surface area (Å²) in [6.07, 6.45) is 6.77. The van der Waals surface area contributed by atoms with E-state index in [2.05, 4.69) is 44.6 Å². The highest BCUT2D eigenvalue weighted by molar-refractivity contribution is 5.82. The van der Waals surface area contributed by atoms with Gasteiger partial charge in [-0.2, -0.15) is 0 Å². The molecule has 0 aliphatic carbocycles. The van der Waals surface area contributed by atoms with E-state index in [9.17, 15) is 4.79 Å². The van der Waals surface area contributed by atoms with Crippen LogP contribution in [0.3, 0.4) is 0 Å². The summed E-state index contributed by atoms with van der Waals surface area (Å²) in [4.78, 5) is 26.9. The summed E-state index contributed by atoms with van der Waals surface area (Å²) < 4.78 is 7.89. The summed E-state index contributed by atoms with van der Waals surface area (Å²) in [6, 6.07) is 6.55. The highest BCUT2D eigenvalue weighted by Gasteiger charge is 2.23. The van der Waals surface area contributed by atoms with Gasteiger partial charge in [-0.1, -0.05) is 6.07 Å². The number of hydrogen-bond donors (Lipinski definition) is 1. The lowest BCUT2D eigenvalue weighted by molar-refractivity contribution is -0.137. The summed E-state index contributed by atoms with van der Waals surface area (Å²) in [7, 11) is 0. The molecule has 2 aromatic heterocycles. The van der Waals surface area contributed by atoms with Gasteiger partial charge in [0.25, 0.3) is 0 Å². The molecule has 0 bridgehead atoms. The number of anilines is 1. The van der Waals surface area contributed by atoms with Gasteiger partial charge < -0.3 is 19.3 Å². The summed E-state index contributed by atoms with van der Waals surface area (Å²) in [5.74, 6) is 1.49. The van der Waals surface area contributed by atoms with Crippen LogP contribution in [0.15, 0.2) is 30.6 Å². The zero-order valence-electron chi connectivity index (χ0n) is 17.7. The molecule has 5 rings (SSSR count). The molecule has 1 fully saturated rings. The van der Waals surface area contributed by atoms with Crippen LogP contribution in [-0.4, -0.2) is 50.3 Å². The van der Waals surface area contributed by atoms with E-state index in [1.54, 1.807) is 0 Å². The van der Waals surface area contributed by atoms with E-state index in [1.165, 1.54) is 0 Å². The van der Waals surface area contributed by atoms with Gasteiger partial charge in [-0.05, 0) is 49.8 Å². The average molecular weight is 422 g/mol. The first kappa shape index (κ1) is 19.9. The molecule has 1 atom stereocenters. The van der Waals surface area contributed by atoms with Gasteiger partial charge >= 0.3 is 5.97 Å². The molecule has 0 unspecified atom stereocenters. The maximum absolute atomic E-state index is 10.8. The van der Waals surface area contributed by atoms with Gasteiger partial charge in [0, 0.05) is 37.5 Å². The molecule has 0 radical (unpaired) electrons. The molecule has 2 aliphatic rings. The van der Waals surface area contributed by atoms with Crippen LogP contribution in [0.2, 0.25) is 0 Å². The number of aromatic nitrogens is 4. The number of aliphatic carboxylic acids is 1. The van der Waals surface area contributed by atoms with Gasteiger partial charge in [0.1, 0.15) is 12.4 Å². The van der Waals surface area contributed by atoms with Crippen molar-refractivity contribution in [3.8, 4) is 11.1 Å². The van der Waals surface area contributed by atoms with Crippen molar-refractivity contribution < 1.29 is 14.6 Å². The SMILES string of the molecule is C[C@H]1COCc2nc3ccc(-c4cnc(N5CCC(CCC(=O)O)CC5)nc4)cc3n21. The van der Waals surface area contributed by atoms with E-state index in [4.69, 9.17) is 14.8 Å². The quantitative estimate of drug-likeness (QED) is 0.672. The van der Waals surface area contributed by atoms with E-state index < -0.39 is 5.97 Å². The fourth-order valence-electron chi connectivity index (χ4n) is 4.69. The highest BCUT2D eigenvalue weighted by Crippen LogP contribution is 2.30. The van der Waals surface area contributed by atoms with E-state index in [0.29, 0.717) is 19.1 Å². The standard InChI is InChI=1S/C23H27N5O3/c1-15-13-31-14-21-26-19-4-3-17(10-20(19)28(15)21)18-11-24-23(25-12-18)27-8-6-16(7-9-27)2-5-22(29)30/h3-4,10-12,15-16H,2,5-9,13-14H2,1H3,(H,29,30)/t15-/m0/s1. The van der Waals surface area contributed by atoms with Crippen LogP contribution in [-0.2, 0) is 16.1 Å². The molecule has 3 aromatic rings. The van der Waals surface area contributed by atoms with Crippen LogP contribution in [0.25, 0.3) is 22.2 Å². The molecule has 1 aromatic carbocycles. The maximum atomic E-state index is 10.8. The zero-order chi connectivity index (χ0) is 21.4. The number of imidazole rings is 1. The zero-order valence-corrected chi connectivity index (χ0v) is 17.7. The number of nitrogens with zero attached hydrogens (tertiary/aromatic N) is 5. The van der Waals surface area contributed by atoms with Crippen LogP contribution in [0.4, 0.5) is 5.95 Å². The van der Waals surface area contributed by atoms with Gasteiger partial charge in [0.15, 0.2) is 0 Å². The highest BCUT2D eigenvalue weighted by atomic mass is 16.5. The van der Waals surface area contributed by atoms with Crippen molar-refractivity contribution in [1.29, 1.82) is 0 Å². The Kier molecular flexibility index (Phi) is 5.31. The number of piperidine rings is 1. The van der Waals surface area contributed by atoms with Crippen molar-refractivity contribution in [1.82, 2.24) is 19.5 Å². The maximum Gasteiger partial charge on any atom is 0.303 e. The van der Waals surface area contributed by atoms with Crippen molar-refractivity contribution in [3.05, 3.63) is 36.4 Å². The summed E-state index contributed by atoms with van der Waals surface area (Å²) in [5, 5.41) is 8.87. The minimum Gasteiger partial charge on any atom is -0.481 e. The molecule has 8 heteroatoms. The fraction of sp³-hybridized carbons (Fsp3) is 0.478. The van der Waals surface area contributed by atoms with Gasteiger partial charge in [-0.15, -0.1) is 0 Å². The average Bonchev–Trinajstić information content (AvgIpc) is 3.17. The van der Waals surface area contributed by atoms with Crippen molar-refractivity contribution in [2.75, 3.05) is 24.6 Å². The number of fused-ring (bicyclic) bond motifs is 3. The third-order valence-electron chi connectivity index (χ3n) is 6.43. The first-order chi connectivity index (χ1) is 15.1. The molecule has 0 spiro atoms. The molecule has 162 valence electrons. The van der Waals surface area contributed by atoms with Crippen LogP contribution in [0, 0.1) is 5.92 Å². The second-order valence-corrected chi connectivity index (χ2v) is 8.60. The lowest BCUT2D eigenvalue weighted by Gasteiger charge is -2.31. The number of rotatable bonds is 5. The Morgan fingerprint density at radius 3 is 2.71 bits per heavy atom. The molecule has 31 heavy (non-hydrogen) atoms. The first-order valence-corrected chi connectivity index (χ1v) is 11.0. The number of carboxylic acid groups (broad SMARTS) is 1. The van der Waals surface area contributed by atoms with Crippen LogP contribution < -0.4 is 4.90 Å². The van der Waals surface area contributed by atoms with Gasteiger partial charge in [-0.25, -0.2) is 15.0 Å². The molecule has 2 aliphatic heterocycles. The molecule has 8 nitrogen and oxygen atoms in total. The Balaban J connectivity index is 1.31. The van der Waals surface area contributed by atoms with Crippen LogP contribution in [0.1, 0.15) is 44.5 Å². The summed E-state index contributed by atoms with van der Waals surface area (Å²) in [5.41, 5.74) is 4.17. The number of hydrogen-bond acceptors (Lipinski definition) is 6. The van der Waals surface area contributed by atoms with Gasteiger partial charge in [-0.3, -0.25) is 4.79 Å². The van der Waals surface area contributed by atoms with Gasteiger partial charge in [0.2, 0.25) is 5.95 Å². The van der Waals surface area contributed by atoms with Crippen LogP contribution >= 0.6 is 0 Å². The molecule has 1 N–H and O–H groups in total. The van der Waals surface area contributed by atoms with E-state index in [-0.39, 0.29) is 12.5 Å². The Bertz CT molecular complexity index is 1090. The predicted molar refractivity (Wildman–Crippen MR) is 117 cm³/mol. The smallest absolute Gasteiger partial charge is 0.303 e. The number of ether oxygens (including phenoxy) is 1. The molecule has 1 saturated heterocycles. The van der Waals surface area contributed by atoms with Gasteiger partial charge in [0.05, 0.1) is 23.7 Å². The van der Waals surface area contributed by atoms with E-state index >= 15 is 0 Å². The second-order valence-electron chi connectivity index (χ2n) is 8.60. The third-order valence-corrected chi connectivity index (χ3v) is 6.43. The Morgan fingerprint density at radius 1 is 1.19 bits per heavy atom. The molecule has 0 saturated carbocycles. The largest absolute Gasteiger partial charge is 0.481 e. The number of carboxylic acids is 1. The van der Waals surface area contributed by atoms with Crippen molar-refractivity contribution in [3.63, 3.8) is 0 Å². The van der Waals surface area contributed by atoms with Crippen molar-refractivity contribution in [2.45, 2.75) is 45.3 Å². The van der Waals surface area contributed by atoms with E-state index in [1.807, 2.05) is 12.4 Å². The Labute approximate surface area is 180 Å². The summed E-state index contributed by atoms with van der Waals surface area (Å²) in [6.45, 7) is 5.15. The molecule has 4 heterocycles. The normalized spacial score (nSPS) is 19.5. The summed E-state index contributed by atoms with van der Waals surface area (Å²) >= 11 is 0. The predicted octanol–water partition coefficient (Wildman–Crippen LogP) is 3.67. The second kappa shape index (κ2) is 8.26. The number of benzene rings is 1. The Hall–Kier alpha value is -3.00. The van der Waals surface area contributed by atoms with Crippen molar-refractivity contribution >= 4 is 23.0 Å². The van der Waals surface area contributed by atoms with E-state index in [0.717, 1.165) is 66.3 Å². The lowest BCUT2D eigenvalue weighted by Crippen LogP contribution is -2.35. The fourth-order valence-corrected chi connectivity index (χ4v) is 4.69. The van der Waals surface area contributed by atoms with Crippen molar-refractivity contribution in [2.24, 2.45) is 5.92 Å². The van der Waals surface area contributed by atoms with Crippen LogP contribution in [0.5, 0.6) is 0 Å². The monoisotopic (exact) mass is 421 g/mol. The number of carbonyl (C=O) groups is 1. The molecular weight excluding hydrogens is 394 g/mol. The Morgan fingerprint density at radius 2 is 1.97 bits per heavy atom. The lowest BCUT2D eigenvalue weighted by atomic mass is 9.92. The first-order valence-electron chi connectivity index (χ1n) is 11.0. The topological polar surface area (TPSA) is 93.4 Å². The molecular formula is C23H27N5O3. The third kappa shape index (κ3) is 3.99.